The Balaban J connectivity index is 1.68. The number of hydrogen-bond acceptors (Lipinski definition) is 4. The van der Waals surface area contributed by atoms with Gasteiger partial charge in [0, 0.05) is 19.3 Å². The van der Waals surface area contributed by atoms with E-state index in [-0.39, 0.29) is 17.6 Å². The smallest absolute Gasteiger partial charge is 0.354 e. The molecule has 1 aliphatic heterocycles. The summed E-state index contributed by atoms with van der Waals surface area (Å²) in [6.45, 7) is 3.51. The van der Waals surface area contributed by atoms with Crippen molar-refractivity contribution in [2.75, 3.05) is 6.54 Å². The van der Waals surface area contributed by atoms with Crippen molar-refractivity contribution >= 4 is 22.9 Å². The number of aromatic nitrogens is 3. The van der Waals surface area contributed by atoms with Crippen molar-refractivity contribution in [1.82, 2.24) is 19.4 Å². The molecule has 3 heterocycles. The maximum atomic E-state index is 13.0. The summed E-state index contributed by atoms with van der Waals surface area (Å²) in [6, 6.07) is 10.8. The average Bonchev–Trinajstić information content (AvgIpc) is 3.31. The molecule has 27 heavy (non-hydrogen) atoms. The van der Waals surface area contributed by atoms with Gasteiger partial charge in [0.2, 0.25) is 0 Å². The number of rotatable bonds is 4. The minimum absolute atomic E-state index is 0.0719. The van der Waals surface area contributed by atoms with Crippen LogP contribution in [0.5, 0.6) is 0 Å². The monoisotopic (exact) mass is 364 g/mol. The maximum absolute atomic E-state index is 13.0. The van der Waals surface area contributed by atoms with Crippen LogP contribution in [0.3, 0.4) is 0 Å². The molecule has 7 heteroatoms. The summed E-state index contributed by atoms with van der Waals surface area (Å²) in [5.41, 5.74) is 2.33. The molecule has 138 valence electrons. The second-order valence-corrected chi connectivity index (χ2v) is 6.60. The number of fused-ring (bicyclic) bond motifs is 1. The molecule has 1 atom stereocenters. The number of amides is 1. The molecule has 7 nitrogen and oxygen atoms in total. The van der Waals surface area contributed by atoms with Crippen LogP contribution in [0.25, 0.3) is 11.0 Å². The Kier molecular flexibility index (Phi) is 4.35. The lowest BCUT2D eigenvalue weighted by Gasteiger charge is -2.25. The van der Waals surface area contributed by atoms with Crippen molar-refractivity contribution < 1.29 is 14.7 Å². The molecule has 1 saturated heterocycles. The van der Waals surface area contributed by atoms with Gasteiger partial charge in [-0.3, -0.25) is 4.79 Å². The number of para-hydroxylation sites is 2. The van der Waals surface area contributed by atoms with Gasteiger partial charge in [0.05, 0.1) is 22.6 Å². The Morgan fingerprint density at radius 2 is 2.04 bits per heavy atom. The van der Waals surface area contributed by atoms with Crippen molar-refractivity contribution in [1.29, 1.82) is 0 Å². The molecular formula is C20H20N4O3. The average molecular weight is 364 g/mol. The van der Waals surface area contributed by atoms with Crippen molar-refractivity contribution in [3.8, 4) is 0 Å². The second-order valence-electron chi connectivity index (χ2n) is 6.60. The van der Waals surface area contributed by atoms with E-state index in [0.29, 0.717) is 12.1 Å². The number of aromatic carboxylic acids is 1. The summed E-state index contributed by atoms with van der Waals surface area (Å²) in [5, 5.41) is 8.97. The Labute approximate surface area is 156 Å². The van der Waals surface area contributed by atoms with Gasteiger partial charge in [0.15, 0.2) is 0 Å². The summed E-state index contributed by atoms with van der Waals surface area (Å²) in [4.78, 5) is 34.5. The number of pyridine rings is 1. The van der Waals surface area contributed by atoms with E-state index >= 15 is 0 Å². The number of hydrogen-bond donors (Lipinski definition) is 1. The summed E-state index contributed by atoms with van der Waals surface area (Å²) in [7, 11) is 0. The van der Waals surface area contributed by atoms with Crippen LogP contribution < -0.4 is 0 Å². The summed E-state index contributed by atoms with van der Waals surface area (Å²) in [6.07, 6.45) is 3.10. The number of likely N-dealkylation sites (tertiary alicyclic amines) is 1. The first-order chi connectivity index (χ1) is 13.1. The van der Waals surface area contributed by atoms with E-state index in [9.17, 15) is 9.59 Å². The Morgan fingerprint density at radius 3 is 2.74 bits per heavy atom. The van der Waals surface area contributed by atoms with Crippen LogP contribution in [-0.2, 0) is 6.54 Å². The zero-order chi connectivity index (χ0) is 19.0. The quantitative estimate of drug-likeness (QED) is 0.768. The lowest BCUT2D eigenvalue weighted by atomic mass is 10.1. The third-order valence-electron chi connectivity index (χ3n) is 5.04. The van der Waals surface area contributed by atoms with Gasteiger partial charge < -0.3 is 14.6 Å². The van der Waals surface area contributed by atoms with Crippen LogP contribution >= 0.6 is 0 Å². The van der Waals surface area contributed by atoms with Crippen molar-refractivity contribution in [3.63, 3.8) is 0 Å². The van der Waals surface area contributed by atoms with Gasteiger partial charge in [-0.1, -0.05) is 12.1 Å². The van der Waals surface area contributed by atoms with Gasteiger partial charge in [-0.25, -0.2) is 14.8 Å². The van der Waals surface area contributed by atoms with Crippen molar-refractivity contribution in [2.45, 2.75) is 32.4 Å². The van der Waals surface area contributed by atoms with Crippen molar-refractivity contribution in [3.05, 3.63) is 59.7 Å². The van der Waals surface area contributed by atoms with E-state index < -0.39 is 5.97 Å². The fraction of sp³-hybridized carbons (Fsp3) is 0.300. The first-order valence-corrected chi connectivity index (χ1v) is 9.05. The molecule has 0 aliphatic carbocycles. The van der Waals surface area contributed by atoms with E-state index in [4.69, 9.17) is 10.1 Å². The molecule has 1 aliphatic rings. The fourth-order valence-corrected chi connectivity index (χ4v) is 3.77. The van der Waals surface area contributed by atoms with Gasteiger partial charge in [-0.15, -0.1) is 0 Å². The lowest BCUT2D eigenvalue weighted by Crippen LogP contribution is -2.32. The van der Waals surface area contributed by atoms with Crippen LogP contribution in [0, 0.1) is 0 Å². The third kappa shape index (κ3) is 2.95. The van der Waals surface area contributed by atoms with Gasteiger partial charge in [-0.05, 0) is 44.0 Å². The maximum Gasteiger partial charge on any atom is 0.354 e. The van der Waals surface area contributed by atoms with Gasteiger partial charge >= 0.3 is 5.97 Å². The zero-order valence-electron chi connectivity index (χ0n) is 15.0. The Morgan fingerprint density at radius 1 is 1.22 bits per heavy atom. The van der Waals surface area contributed by atoms with Crippen LogP contribution in [0.1, 0.15) is 52.5 Å². The molecule has 3 aromatic rings. The van der Waals surface area contributed by atoms with E-state index in [1.165, 1.54) is 18.3 Å². The second kappa shape index (κ2) is 6.83. The number of carbonyl (C=O) groups excluding carboxylic acids is 1. The molecule has 0 saturated carbocycles. The predicted octanol–water partition coefficient (Wildman–Crippen LogP) is 3.13. The fourth-order valence-electron chi connectivity index (χ4n) is 3.77. The number of aryl methyl sites for hydroxylation is 1. The lowest BCUT2D eigenvalue weighted by molar-refractivity contribution is 0.0685. The molecule has 0 bridgehead atoms. The molecule has 1 fully saturated rings. The summed E-state index contributed by atoms with van der Waals surface area (Å²) < 4.78 is 2.16. The molecular weight excluding hydrogens is 344 g/mol. The first kappa shape index (κ1) is 17.2. The van der Waals surface area contributed by atoms with Crippen LogP contribution in [0.4, 0.5) is 0 Å². The molecule has 2 aromatic heterocycles. The highest BCUT2D eigenvalue weighted by Gasteiger charge is 2.34. The molecule has 1 N–H and O–H groups in total. The SMILES string of the molecule is CCn1c([C@H]2CCCN2C(=O)c2ccc(C(=O)O)nc2)nc2ccccc21. The summed E-state index contributed by atoms with van der Waals surface area (Å²) in [5.74, 6) is -0.346. The molecule has 0 radical (unpaired) electrons. The molecule has 4 rings (SSSR count). The van der Waals surface area contributed by atoms with Crippen LogP contribution in [-0.4, -0.2) is 43.0 Å². The van der Waals surface area contributed by atoms with Gasteiger partial charge in [0.1, 0.15) is 11.5 Å². The number of carboxylic acids is 1. The Bertz CT molecular complexity index is 1010. The topological polar surface area (TPSA) is 88.3 Å². The largest absolute Gasteiger partial charge is 0.477 e. The number of benzene rings is 1. The van der Waals surface area contributed by atoms with E-state index in [1.54, 1.807) is 0 Å². The summed E-state index contributed by atoms with van der Waals surface area (Å²) >= 11 is 0. The van der Waals surface area contributed by atoms with E-state index in [1.807, 2.05) is 29.2 Å². The Hall–Kier alpha value is -3.22. The number of carboxylic acid groups (broad SMARTS) is 1. The number of carbonyl (C=O) groups is 2. The highest BCUT2D eigenvalue weighted by molar-refractivity contribution is 5.95. The first-order valence-electron chi connectivity index (χ1n) is 9.05. The minimum Gasteiger partial charge on any atom is -0.477 e. The molecule has 0 unspecified atom stereocenters. The van der Waals surface area contributed by atoms with E-state index in [2.05, 4.69) is 16.5 Å². The standard InChI is InChI=1S/C20H20N4O3/c1-2-23-16-7-4-3-6-14(16)22-18(23)17-8-5-11-24(17)19(25)13-9-10-15(20(26)27)21-12-13/h3-4,6-7,9-10,12,17H,2,5,8,11H2,1H3,(H,26,27)/t17-/m1/s1. The highest BCUT2D eigenvalue weighted by atomic mass is 16.4. The van der Waals surface area contributed by atoms with Crippen molar-refractivity contribution in [2.24, 2.45) is 0 Å². The zero-order valence-corrected chi connectivity index (χ0v) is 15.0. The third-order valence-corrected chi connectivity index (χ3v) is 5.04. The van der Waals surface area contributed by atoms with Crippen LogP contribution in [0.2, 0.25) is 0 Å². The van der Waals surface area contributed by atoms with E-state index in [0.717, 1.165) is 36.2 Å². The van der Waals surface area contributed by atoms with Crippen LogP contribution in [0.15, 0.2) is 42.6 Å². The number of imidazole rings is 1. The molecule has 1 amide bonds. The predicted molar refractivity (Wildman–Crippen MR) is 99.6 cm³/mol. The van der Waals surface area contributed by atoms with Gasteiger partial charge in [0.25, 0.3) is 5.91 Å². The van der Waals surface area contributed by atoms with Gasteiger partial charge in [-0.2, -0.15) is 0 Å². The normalized spacial score (nSPS) is 16.8. The highest BCUT2D eigenvalue weighted by Crippen LogP contribution is 2.34. The number of nitrogens with zero attached hydrogens (tertiary/aromatic N) is 4. The molecule has 1 aromatic carbocycles. The molecule has 0 spiro atoms. The minimum atomic E-state index is -1.11.